The molecule has 0 bridgehead atoms. The fraction of sp³-hybridized carbons (Fsp3) is 0.500. The van der Waals surface area contributed by atoms with Gasteiger partial charge in [0.05, 0.1) is 6.54 Å². The largest absolute Gasteiger partial charge is 0.338 e. The van der Waals surface area contributed by atoms with Crippen molar-refractivity contribution in [3.63, 3.8) is 0 Å². The van der Waals surface area contributed by atoms with Crippen molar-refractivity contribution in [1.29, 1.82) is 0 Å². The van der Waals surface area contributed by atoms with Crippen LogP contribution >= 0.6 is 0 Å². The van der Waals surface area contributed by atoms with E-state index in [4.69, 9.17) is 6.42 Å². The Kier molecular flexibility index (Phi) is 5.31. The van der Waals surface area contributed by atoms with Crippen LogP contribution in [0.5, 0.6) is 0 Å². The molecule has 0 N–H and O–H groups in total. The van der Waals surface area contributed by atoms with Crippen LogP contribution in [-0.4, -0.2) is 27.4 Å². The van der Waals surface area contributed by atoms with Crippen LogP contribution in [0.4, 0.5) is 8.78 Å². The van der Waals surface area contributed by atoms with Crippen molar-refractivity contribution in [3.05, 3.63) is 18.2 Å². The molecule has 6 heteroatoms. The van der Waals surface area contributed by atoms with Gasteiger partial charge in [-0.15, -0.1) is 12.3 Å². The maximum Gasteiger partial charge on any atom is 0.319 e. The van der Waals surface area contributed by atoms with Crippen LogP contribution in [-0.2, 0) is 11.3 Å². The van der Waals surface area contributed by atoms with Gasteiger partial charge in [0, 0.05) is 32.3 Å². The van der Waals surface area contributed by atoms with Crippen molar-refractivity contribution in [2.24, 2.45) is 0 Å². The van der Waals surface area contributed by atoms with Crippen molar-refractivity contribution >= 4 is 5.91 Å². The number of carbonyl (C=O) groups is 1. The number of carbonyl (C=O) groups excluding carboxylic acids is 1. The highest BCUT2D eigenvalue weighted by atomic mass is 19.3. The van der Waals surface area contributed by atoms with E-state index < -0.39 is 6.55 Å². The number of hydrogen-bond donors (Lipinski definition) is 0. The third kappa shape index (κ3) is 3.84. The summed E-state index contributed by atoms with van der Waals surface area (Å²) in [5.41, 5.74) is 0. The molecule has 0 saturated heterocycles. The maximum absolute atomic E-state index is 12.6. The van der Waals surface area contributed by atoms with Crippen LogP contribution < -0.4 is 0 Å². The zero-order valence-corrected chi connectivity index (χ0v) is 10.1. The Bertz CT molecular complexity index is 437. The van der Waals surface area contributed by atoms with Crippen molar-refractivity contribution in [3.8, 4) is 12.3 Å². The van der Waals surface area contributed by atoms with E-state index in [2.05, 4.69) is 10.9 Å². The fourth-order valence-corrected chi connectivity index (χ4v) is 1.48. The Morgan fingerprint density at radius 1 is 1.67 bits per heavy atom. The number of amides is 1. The van der Waals surface area contributed by atoms with Crippen molar-refractivity contribution < 1.29 is 13.6 Å². The molecule has 0 aliphatic carbocycles. The molecule has 1 aromatic heterocycles. The van der Waals surface area contributed by atoms with Crippen LogP contribution in [0.2, 0.25) is 0 Å². The second-order valence-corrected chi connectivity index (χ2v) is 3.84. The quantitative estimate of drug-likeness (QED) is 0.576. The third-order valence-electron chi connectivity index (χ3n) is 2.48. The van der Waals surface area contributed by atoms with E-state index in [-0.39, 0.29) is 18.3 Å². The molecule has 1 aromatic rings. The number of hydrogen-bond acceptors (Lipinski definition) is 2. The number of aromatic nitrogens is 2. The molecule has 0 aromatic carbocycles. The Morgan fingerprint density at radius 3 is 3.00 bits per heavy atom. The number of terminal acetylenes is 1. The lowest BCUT2D eigenvalue weighted by Gasteiger charge is -2.17. The van der Waals surface area contributed by atoms with Gasteiger partial charge in [-0.05, 0) is 6.42 Å². The first-order valence-corrected chi connectivity index (χ1v) is 5.53. The van der Waals surface area contributed by atoms with Gasteiger partial charge in [0.2, 0.25) is 5.91 Å². The van der Waals surface area contributed by atoms with E-state index >= 15 is 0 Å². The van der Waals surface area contributed by atoms with Crippen LogP contribution in [0.25, 0.3) is 0 Å². The highest BCUT2D eigenvalue weighted by molar-refractivity contribution is 5.75. The van der Waals surface area contributed by atoms with Crippen LogP contribution in [0.1, 0.15) is 31.6 Å². The number of imidazole rings is 1. The molecule has 0 saturated carbocycles. The Hall–Kier alpha value is -1.90. The molecular formula is C12H15F2N3O. The van der Waals surface area contributed by atoms with Crippen molar-refractivity contribution in [2.75, 3.05) is 7.05 Å². The average Bonchev–Trinajstić information content (AvgIpc) is 2.77. The first-order valence-electron chi connectivity index (χ1n) is 5.53. The number of halogens is 2. The minimum Gasteiger partial charge on any atom is -0.338 e. The van der Waals surface area contributed by atoms with Gasteiger partial charge >= 0.3 is 6.55 Å². The Labute approximate surface area is 105 Å². The summed E-state index contributed by atoms with van der Waals surface area (Å²) in [5.74, 6) is 2.48. The predicted molar refractivity (Wildman–Crippen MR) is 62.6 cm³/mol. The number of unbranched alkanes of at least 4 members (excludes halogenated alkanes) is 1. The lowest BCUT2D eigenvalue weighted by Crippen LogP contribution is -2.27. The zero-order valence-electron chi connectivity index (χ0n) is 10.1. The number of nitrogens with zero attached hydrogens (tertiary/aromatic N) is 3. The molecule has 0 fully saturated rings. The number of rotatable bonds is 6. The summed E-state index contributed by atoms with van der Waals surface area (Å²) in [7, 11) is 1.56. The minimum atomic E-state index is -2.65. The normalized spacial score (nSPS) is 10.4. The molecule has 1 rings (SSSR count). The smallest absolute Gasteiger partial charge is 0.319 e. The molecule has 18 heavy (non-hydrogen) atoms. The van der Waals surface area contributed by atoms with Gasteiger partial charge in [0.25, 0.3) is 0 Å². The fourth-order valence-electron chi connectivity index (χ4n) is 1.48. The zero-order chi connectivity index (χ0) is 13.5. The van der Waals surface area contributed by atoms with Gasteiger partial charge in [-0.3, -0.25) is 9.36 Å². The van der Waals surface area contributed by atoms with Gasteiger partial charge in [0.15, 0.2) is 0 Å². The molecule has 1 heterocycles. The molecule has 1 amide bonds. The Balaban J connectivity index is 2.53. The predicted octanol–water partition coefficient (Wildman–Crippen LogP) is 2.04. The first-order chi connectivity index (χ1) is 8.56. The van der Waals surface area contributed by atoms with E-state index in [1.165, 1.54) is 17.3 Å². The summed E-state index contributed by atoms with van der Waals surface area (Å²) in [4.78, 5) is 16.8. The molecular weight excluding hydrogens is 240 g/mol. The van der Waals surface area contributed by atoms with Crippen LogP contribution in [0, 0.1) is 12.3 Å². The third-order valence-corrected chi connectivity index (χ3v) is 2.48. The maximum atomic E-state index is 12.6. The summed E-state index contributed by atoms with van der Waals surface area (Å²) in [6, 6.07) is 0. The highest BCUT2D eigenvalue weighted by Gasteiger charge is 2.15. The van der Waals surface area contributed by atoms with Gasteiger partial charge in [-0.25, -0.2) is 4.98 Å². The van der Waals surface area contributed by atoms with Gasteiger partial charge in [-0.1, -0.05) is 0 Å². The van der Waals surface area contributed by atoms with Crippen molar-refractivity contribution in [2.45, 2.75) is 32.4 Å². The molecule has 0 spiro atoms. The molecule has 0 atom stereocenters. The average molecular weight is 255 g/mol. The SMILES string of the molecule is C#CCCCC(=O)N(C)Cc1nccn1C(F)F. The van der Waals surface area contributed by atoms with E-state index in [0.717, 1.165) is 4.57 Å². The van der Waals surface area contributed by atoms with Gasteiger partial charge in [0.1, 0.15) is 5.82 Å². The molecule has 0 aliphatic rings. The lowest BCUT2D eigenvalue weighted by molar-refractivity contribution is -0.130. The minimum absolute atomic E-state index is 0.0617. The first kappa shape index (κ1) is 14.2. The molecule has 0 aliphatic heterocycles. The molecule has 0 radical (unpaired) electrons. The van der Waals surface area contributed by atoms with Crippen LogP contribution in [0.15, 0.2) is 12.4 Å². The van der Waals surface area contributed by atoms with E-state index in [1.54, 1.807) is 7.05 Å². The summed E-state index contributed by atoms with van der Waals surface area (Å²) in [6.07, 6.45) is 9.01. The second kappa shape index (κ2) is 6.74. The van der Waals surface area contributed by atoms with E-state index in [9.17, 15) is 13.6 Å². The van der Waals surface area contributed by atoms with Crippen LogP contribution in [0.3, 0.4) is 0 Å². The summed E-state index contributed by atoms with van der Waals surface area (Å²) in [6.45, 7) is -2.58. The van der Waals surface area contributed by atoms with E-state index in [1.807, 2.05) is 0 Å². The van der Waals surface area contributed by atoms with Crippen molar-refractivity contribution in [1.82, 2.24) is 14.5 Å². The highest BCUT2D eigenvalue weighted by Crippen LogP contribution is 2.14. The molecule has 0 unspecified atom stereocenters. The topological polar surface area (TPSA) is 38.1 Å². The Morgan fingerprint density at radius 2 is 2.39 bits per heavy atom. The second-order valence-electron chi connectivity index (χ2n) is 3.84. The lowest BCUT2D eigenvalue weighted by atomic mass is 10.2. The monoisotopic (exact) mass is 255 g/mol. The molecule has 98 valence electrons. The standard InChI is InChI=1S/C12H15F2N3O/c1-3-4-5-6-11(18)16(2)9-10-15-7-8-17(10)12(13)14/h1,7-8,12H,4-6,9H2,2H3. The molecule has 4 nitrogen and oxygen atoms in total. The summed E-state index contributed by atoms with van der Waals surface area (Å²) < 4.78 is 25.9. The number of alkyl halides is 2. The van der Waals surface area contributed by atoms with Gasteiger partial charge < -0.3 is 4.90 Å². The summed E-state index contributed by atoms with van der Waals surface area (Å²) in [5, 5.41) is 0. The summed E-state index contributed by atoms with van der Waals surface area (Å²) >= 11 is 0. The van der Waals surface area contributed by atoms with E-state index in [0.29, 0.717) is 19.3 Å². The van der Waals surface area contributed by atoms with Gasteiger partial charge in [-0.2, -0.15) is 8.78 Å².